The number of hydrogen-bond donors (Lipinski definition) is 0. The Balaban J connectivity index is 1.16. The normalized spacial score (nSPS) is 17.0. The van der Waals surface area contributed by atoms with Gasteiger partial charge in [-0.05, 0) is 68.1 Å². The van der Waals surface area contributed by atoms with Crippen molar-refractivity contribution in [2.75, 3.05) is 32.8 Å². The molecule has 6 nitrogen and oxygen atoms in total. The Bertz CT molecular complexity index is 1190. The topological polar surface area (TPSA) is 46.9 Å². The first kappa shape index (κ1) is 22.0. The minimum absolute atomic E-state index is 0.108. The Kier molecular flexibility index (Phi) is 6.42. The summed E-state index contributed by atoms with van der Waals surface area (Å²) in [5.74, 6) is 1.61. The van der Waals surface area contributed by atoms with Crippen LogP contribution in [0.2, 0.25) is 0 Å². The highest BCUT2D eigenvalue weighted by Crippen LogP contribution is 2.31. The molecule has 0 atom stereocenters. The molecule has 3 aromatic rings. The molecule has 170 valence electrons. The van der Waals surface area contributed by atoms with E-state index in [1.165, 1.54) is 0 Å². The van der Waals surface area contributed by atoms with E-state index < -0.39 is 0 Å². The van der Waals surface area contributed by atoms with Crippen molar-refractivity contribution in [1.29, 1.82) is 0 Å². The van der Waals surface area contributed by atoms with Gasteiger partial charge in [0.2, 0.25) is 0 Å². The van der Waals surface area contributed by atoms with Gasteiger partial charge in [0.15, 0.2) is 19.5 Å². The van der Waals surface area contributed by atoms with Crippen molar-refractivity contribution in [2.45, 2.75) is 38.9 Å². The zero-order valence-corrected chi connectivity index (χ0v) is 19.2. The first-order valence-electron chi connectivity index (χ1n) is 11.8. The lowest BCUT2D eigenvalue weighted by molar-refractivity contribution is 0.153. The highest BCUT2D eigenvalue weighted by molar-refractivity contribution is 6.04. The lowest BCUT2D eigenvalue weighted by atomic mass is 9.99. The summed E-state index contributed by atoms with van der Waals surface area (Å²) < 4.78 is 13.2. The molecule has 1 fully saturated rings. The van der Waals surface area contributed by atoms with Crippen molar-refractivity contribution < 1.29 is 9.47 Å². The zero-order chi connectivity index (χ0) is 22.8. The number of rotatable bonds is 6. The van der Waals surface area contributed by atoms with Crippen LogP contribution in [-0.4, -0.2) is 61.1 Å². The smallest absolute Gasteiger partial charge is 0.253 e. The van der Waals surface area contributed by atoms with Gasteiger partial charge in [0, 0.05) is 31.2 Å². The Hall–Kier alpha value is -2.77. The summed E-state index contributed by atoms with van der Waals surface area (Å²) in [7, 11) is 6.46. The fraction of sp³-hybridized carbons (Fsp3) is 0.423. The van der Waals surface area contributed by atoms with Crippen molar-refractivity contribution in [3.05, 3.63) is 70.0 Å². The van der Waals surface area contributed by atoms with Gasteiger partial charge in [0.25, 0.3) is 5.56 Å². The molecule has 2 radical (unpaired) electrons. The molecule has 2 aliphatic rings. The van der Waals surface area contributed by atoms with Gasteiger partial charge in [0.1, 0.15) is 13.2 Å². The number of benzene rings is 2. The van der Waals surface area contributed by atoms with Crippen LogP contribution in [0.25, 0.3) is 10.9 Å². The molecule has 0 bridgehead atoms. The summed E-state index contributed by atoms with van der Waals surface area (Å²) >= 11 is 0. The summed E-state index contributed by atoms with van der Waals surface area (Å²) in [6, 6.07) is 16.5. The van der Waals surface area contributed by atoms with Crippen molar-refractivity contribution >= 4 is 18.9 Å². The first-order valence-corrected chi connectivity index (χ1v) is 11.8. The van der Waals surface area contributed by atoms with Gasteiger partial charge >= 0.3 is 0 Å². The molecule has 0 N–H and O–H groups in total. The maximum Gasteiger partial charge on any atom is 0.253 e. The third-order valence-corrected chi connectivity index (χ3v) is 6.82. The number of pyridine rings is 1. The van der Waals surface area contributed by atoms with Crippen LogP contribution < -0.4 is 15.0 Å². The fourth-order valence-corrected chi connectivity index (χ4v) is 4.94. The van der Waals surface area contributed by atoms with Gasteiger partial charge in [-0.25, -0.2) is 0 Å². The Morgan fingerprint density at radius 1 is 1.00 bits per heavy atom. The molecule has 0 spiro atoms. The first-order chi connectivity index (χ1) is 16.1. The third-order valence-electron chi connectivity index (χ3n) is 6.82. The van der Waals surface area contributed by atoms with E-state index in [9.17, 15) is 4.79 Å². The van der Waals surface area contributed by atoms with Crippen LogP contribution in [0.1, 0.15) is 24.0 Å². The summed E-state index contributed by atoms with van der Waals surface area (Å²) in [5, 5.41) is 1.12. The predicted octanol–water partition coefficient (Wildman–Crippen LogP) is 3.13. The lowest BCUT2D eigenvalue weighted by Crippen LogP contribution is -2.44. The number of ether oxygens (including phenoxy) is 2. The van der Waals surface area contributed by atoms with E-state index in [1.807, 2.05) is 52.7 Å². The van der Waals surface area contributed by atoms with Gasteiger partial charge in [0.05, 0.1) is 5.52 Å². The minimum atomic E-state index is 0.108. The summed E-state index contributed by atoms with van der Waals surface area (Å²) in [6.07, 6.45) is 2.04. The summed E-state index contributed by atoms with van der Waals surface area (Å²) in [4.78, 5) is 17.2. The van der Waals surface area contributed by atoms with E-state index in [0.29, 0.717) is 32.3 Å². The van der Waals surface area contributed by atoms with E-state index in [4.69, 9.17) is 17.5 Å². The molecule has 5 rings (SSSR count). The SMILES string of the molecule is [B]N(Cc1ccc2c(c1)OCCO2)C1CCN(CCn2c(=O)c(C)cc3ccccc32)CC1. The Morgan fingerprint density at radius 3 is 2.58 bits per heavy atom. The second-order valence-corrected chi connectivity index (χ2v) is 9.07. The standard InChI is InChI=1S/C26H30BN3O3/c1-19-16-21-4-2-3-5-23(21)29(26(19)31)13-12-28-10-8-22(9-11-28)30(27)18-20-6-7-24-25(17-20)33-15-14-32-24/h2-7,16-17,22H,8-15,18H2,1H3. The molecular formula is C26H30BN3O3. The molecule has 0 aliphatic carbocycles. The van der Waals surface area contributed by atoms with Crippen LogP contribution in [0.3, 0.4) is 0 Å². The Morgan fingerprint density at radius 2 is 1.76 bits per heavy atom. The van der Waals surface area contributed by atoms with Gasteiger partial charge in [-0.3, -0.25) is 4.79 Å². The van der Waals surface area contributed by atoms with Gasteiger partial charge in [-0.1, -0.05) is 24.3 Å². The number of aryl methyl sites for hydroxylation is 1. The molecular weight excluding hydrogens is 413 g/mol. The van der Waals surface area contributed by atoms with Crippen molar-refractivity contribution in [1.82, 2.24) is 14.3 Å². The van der Waals surface area contributed by atoms with Crippen LogP contribution >= 0.6 is 0 Å². The van der Waals surface area contributed by atoms with Crippen LogP contribution in [-0.2, 0) is 13.1 Å². The molecule has 0 unspecified atom stereocenters. The average molecular weight is 443 g/mol. The van der Waals surface area contributed by atoms with E-state index >= 15 is 0 Å². The highest BCUT2D eigenvalue weighted by Gasteiger charge is 2.23. The van der Waals surface area contributed by atoms with Crippen molar-refractivity contribution in [3.63, 3.8) is 0 Å². The monoisotopic (exact) mass is 443 g/mol. The second-order valence-electron chi connectivity index (χ2n) is 9.07. The highest BCUT2D eigenvalue weighted by atomic mass is 16.6. The number of hydrogen-bond acceptors (Lipinski definition) is 5. The summed E-state index contributed by atoms with van der Waals surface area (Å²) in [5.41, 5.74) is 3.05. The molecule has 0 amide bonds. The van der Waals surface area contributed by atoms with Gasteiger partial charge in [-0.15, -0.1) is 0 Å². The van der Waals surface area contributed by atoms with Gasteiger partial charge in [-0.2, -0.15) is 0 Å². The molecule has 2 aliphatic heterocycles. The number of aromatic nitrogens is 1. The molecule has 7 heteroatoms. The average Bonchev–Trinajstić information content (AvgIpc) is 2.84. The quantitative estimate of drug-likeness (QED) is 0.548. The number of para-hydroxylation sites is 1. The zero-order valence-electron chi connectivity index (χ0n) is 19.2. The molecule has 2 aromatic carbocycles. The number of likely N-dealkylation sites (tertiary alicyclic amines) is 1. The minimum Gasteiger partial charge on any atom is -0.486 e. The molecule has 33 heavy (non-hydrogen) atoms. The maximum atomic E-state index is 12.8. The Labute approximate surface area is 196 Å². The van der Waals surface area contributed by atoms with E-state index in [-0.39, 0.29) is 5.56 Å². The molecule has 3 heterocycles. The van der Waals surface area contributed by atoms with Crippen LogP contribution in [0, 0.1) is 6.92 Å². The summed E-state index contributed by atoms with van der Waals surface area (Å²) in [6.45, 7) is 7.31. The van der Waals surface area contributed by atoms with Crippen molar-refractivity contribution in [2.24, 2.45) is 0 Å². The number of nitrogens with zero attached hydrogens (tertiary/aromatic N) is 3. The molecule has 0 saturated carbocycles. The van der Waals surface area contributed by atoms with E-state index in [1.54, 1.807) is 0 Å². The van der Waals surface area contributed by atoms with Crippen LogP contribution in [0.15, 0.2) is 53.3 Å². The number of fused-ring (bicyclic) bond motifs is 2. The maximum absolute atomic E-state index is 12.8. The fourth-order valence-electron chi connectivity index (χ4n) is 4.94. The largest absolute Gasteiger partial charge is 0.486 e. The van der Waals surface area contributed by atoms with Crippen LogP contribution in [0.5, 0.6) is 11.5 Å². The number of piperidine rings is 1. The second kappa shape index (κ2) is 9.61. The van der Waals surface area contributed by atoms with E-state index in [0.717, 1.165) is 66.0 Å². The van der Waals surface area contributed by atoms with Gasteiger partial charge < -0.3 is 23.8 Å². The van der Waals surface area contributed by atoms with Crippen LogP contribution in [0.4, 0.5) is 0 Å². The predicted molar refractivity (Wildman–Crippen MR) is 131 cm³/mol. The molecule has 1 aromatic heterocycles. The lowest BCUT2D eigenvalue weighted by Gasteiger charge is -2.37. The van der Waals surface area contributed by atoms with Crippen molar-refractivity contribution in [3.8, 4) is 11.5 Å². The third kappa shape index (κ3) is 4.80. The molecule has 1 saturated heterocycles. The van der Waals surface area contributed by atoms with E-state index in [2.05, 4.69) is 17.0 Å².